The van der Waals surface area contributed by atoms with Gasteiger partial charge in [0, 0.05) is 5.56 Å². The molecule has 6 atom stereocenters. The van der Waals surface area contributed by atoms with E-state index in [9.17, 15) is 5.11 Å². The molecular weight excluding hydrogens is 378 g/mol. The van der Waals surface area contributed by atoms with Crippen LogP contribution < -0.4 is 5.73 Å². The molecule has 2 heterocycles. The van der Waals surface area contributed by atoms with E-state index in [1.165, 1.54) is 0 Å². The van der Waals surface area contributed by atoms with E-state index < -0.39 is 18.4 Å². The summed E-state index contributed by atoms with van der Waals surface area (Å²) in [5, 5.41) is 9.62. The highest BCUT2D eigenvalue weighted by molar-refractivity contribution is 5.19. The van der Waals surface area contributed by atoms with Gasteiger partial charge in [0.15, 0.2) is 6.29 Å². The van der Waals surface area contributed by atoms with Crippen LogP contribution in [0, 0.1) is 0 Å². The first-order valence-corrected chi connectivity index (χ1v) is 11.2. The summed E-state index contributed by atoms with van der Waals surface area (Å²) in [5.41, 5.74) is 8.26. The van der Waals surface area contributed by atoms with Gasteiger partial charge in [-0.05, 0) is 18.4 Å². The summed E-state index contributed by atoms with van der Waals surface area (Å²) in [6.07, 6.45) is 0.436. The van der Waals surface area contributed by atoms with E-state index in [1.54, 1.807) is 0 Å². The predicted molar refractivity (Wildman–Crippen MR) is 120 cm³/mol. The number of aliphatic hydroxyl groups is 1. The van der Waals surface area contributed by atoms with Crippen LogP contribution in [-0.4, -0.2) is 36.1 Å². The number of nitrogens with two attached hydrogens (primary N) is 1. The summed E-state index contributed by atoms with van der Waals surface area (Å²) < 4.78 is 18.7. The van der Waals surface area contributed by atoms with Crippen molar-refractivity contribution in [3.63, 3.8) is 0 Å². The Morgan fingerprint density at radius 2 is 1.40 bits per heavy atom. The molecule has 6 unspecified atom stereocenters. The second-order valence-electron chi connectivity index (χ2n) is 6.94. The first kappa shape index (κ1) is 24.5. The van der Waals surface area contributed by atoms with Gasteiger partial charge in [0.2, 0.25) is 0 Å². The molecular formula is C25H37NO4. The number of benzene rings is 2. The SMILES string of the molecule is CC.CC.NC(CO)C1OC(c2ccccc2)OC2CCC(c3ccccc3)OC21. The van der Waals surface area contributed by atoms with Crippen molar-refractivity contribution in [1.29, 1.82) is 0 Å². The van der Waals surface area contributed by atoms with Gasteiger partial charge in [0.1, 0.15) is 12.2 Å². The number of hydrogen-bond donors (Lipinski definition) is 2. The summed E-state index contributed by atoms with van der Waals surface area (Å²) in [6.45, 7) is 7.84. The topological polar surface area (TPSA) is 73.9 Å². The number of ether oxygens (including phenoxy) is 3. The van der Waals surface area contributed by atoms with Crippen LogP contribution in [0.2, 0.25) is 0 Å². The van der Waals surface area contributed by atoms with Crippen LogP contribution in [0.3, 0.4) is 0 Å². The average Bonchev–Trinajstić information content (AvgIpc) is 2.86. The highest BCUT2D eigenvalue weighted by Crippen LogP contribution is 2.41. The fraction of sp³-hybridized carbons (Fsp3) is 0.520. The van der Waals surface area contributed by atoms with Gasteiger partial charge in [-0.25, -0.2) is 0 Å². The van der Waals surface area contributed by atoms with E-state index in [0.717, 1.165) is 24.0 Å². The minimum atomic E-state index is -0.521. The lowest BCUT2D eigenvalue weighted by Gasteiger charge is -2.47. The molecule has 5 nitrogen and oxygen atoms in total. The van der Waals surface area contributed by atoms with Crippen molar-refractivity contribution in [2.45, 2.75) is 77.3 Å². The largest absolute Gasteiger partial charge is 0.395 e. The van der Waals surface area contributed by atoms with Crippen molar-refractivity contribution in [2.75, 3.05) is 6.61 Å². The Morgan fingerprint density at radius 3 is 1.97 bits per heavy atom. The minimum absolute atomic E-state index is 0.00804. The van der Waals surface area contributed by atoms with Gasteiger partial charge in [-0.15, -0.1) is 0 Å². The highest BCUT2D eigenvalue weighted by Gasteiger charge is 2.46. The zero-order chi connectivity index (χ0) is 21.9. The minimum Gasteiger partial charge on any atom is -0.395 e. The van der Waals surface area contributed by atoms with Crippen molar-refractivity contribution in [1.82, 2.24) is 0 Å². The molecule has 5 heteroatoms. The third-order valence-electron chi connectivity index (χ3n) is 5.18. The number of rotatable bonds is 4. The van der Waals surface area contributed by atoms with Crippen LogP contribution in [0.5, 0.6) is 0 Å². The molecule has 2 aliphatic rings. The lowest BCUT2D eigenvalue weighted by molar-refractivity contribution is -0.322. The molecule has 166 valence electrons. The van der Waals surface area contributed by atoms with E-state index in [2.05, 4.69) is 12.1 Å². The maximum Gasteiger partial charge on any atom is 0.184 e. The van der Waals surface area contributed by atoms with Crippen molar-refractivity contribution in [3.8, 4) is 0 Å². The lowest BCUT2D eigenvalue weighted by atomic mass is 9.90. The molecule has 0 aromatic heterocycles. The van der Waals surface area contributed by atoms with Gasteiger partial charge in [-0.3, -0.25) is 0 Å². The van der Waals surface area contributed by atoms with Gasteiger partial charge < -0.3 is 25.1 Å². The molecule has 30 heavy (non-hydrogen) atoms. The molecule has 2 aromatic carbocycles. The molecule has 2 aliphatic heterocycles. The molecule has 3 N–H and O–H groups in total. The van der Waals surface area contributed by atoms with Crippen LogP contribution >= 0.6 is 0 Å². The second-order valence-corrected chi connectivity index (χ2v) is 6.94. The first-order valence-electron chi connectivity index (χ1n) is 11.2. The summed E-state index contributed by atoms with van der Waals surface area (Å²) in [5.74, 6) is 0. The van der Waals surface area contributed by atoms with Crippen molar-refractivity contribution in [3.05, 3.63) is 71.8 Å². The predicted octanol–water partition coefficient (Wildman–Crippen LogP) is 4.76. The standard InChI is InChI=1S/C21H25NO4.2C2H6/c22-16(13-23)19-20-18(25-21(26-19)15-9-5-2-6-10-15)12-11-17(24-20)14-7-3-1-4-8-14;2*1-2/h1-10,16-21,23H,11-13,22H2;2*1-2H3. The molecule has 0 saturated carbocycles. The van der Waals surface area contributed by atoms with Gasteiger partial charge >= 0.3 is 0 Å². The molecule has 2 saturated heterocycles. The fourth-order valence-corrected chi connectivity index (χ4v) is 3.80. The summed E-state index contributed by atoms with van der Waals surface area (Å²) in [4.78, 5) is 0. The Balaban J connectivity index is 0.000000757. The summed E-state index contributed by atoms with van der Waals surface area (Å²) in [7, 11) is 0. The highest BCUT2D eigenvalue weighted by atomic mass is 16.7. The zero-order valence-electron chi connectivity index (χ0n) is 18.6. The van der Waals surface area contributed by atoms with Crippen LogP contribution in [0.15, 0.2) is 60.7 Å². The quantitative estimate of drug-likeness (QED) is 0.753. The van der Waals surface area contributed by atoms with E-state index >= 15 is 0 Å². The number of fused-ring (bicyclic) bond motifs is 1. The third kappa shape index (κ3) is 5.90. The molecule has 0 spiro atoms. The van der Waals surface area contributed by atoms with Crippen molar-refractivity contribution < 1.29 is 19.3 Å². The first-order chi connectivity index (χ1) is 14.8. The maximum atomic E-state index is 9.62. The number of hydrogen-bond acceptors (Lipinski definition) is 5. The van der Waals surface area contributed by atoms with Gasteiger partial charge in [0.25, 0.3) is 0 Å². The lowest BCUT2D eigenvalue weighted by Crippen LogP contribution is -2.58. The average molecular weight is 416 g/mol. The van der Waals surface area contributed by atoms with E-state index in [4.69, 9.17) is 19.9 Å². The molecule has 4 rings (SSSR count). The van der Waals surface area contributed by atoms with Gasteiger partial charge in [0.05, 0.1) is 24.9 Å². The van der Waals surface area contributed by atoms with Crippen LogP contribution in [0.4, 0.5) is 0 Å². The summed E-state index contributed by atoms with van der Waals surface area (Å²) in [6, 6.07) is 19.5. The van der Waals surface area contributed by atoms with Crippen LogP contribution in [0.1, 0.15) is 64.1 Å². The van der Waals surface area contributed by atoms with Gasteiger partial charge in [-0.1, -0.05) is 88.4 Å². The maximum absolute atomic E-state index is 9.62. The van der Waals surface area contributed by atoms with Gasteiger partial charge in [-0.2, -0.15) is 0 Å². The molecule has 0 bridgehead atoms. The van der Waals surface area contributed by atoms with E-state index in [1.807, 2.05) is 76.2 Å². The third-order valence-corrected chi connectivity index (χ3v) is 5.18. The van der Waals surface area contributed by atoms with Crippen LogP contribution in [-0.2, 0) is 14.2 Å². The second kappa shape index (κ2) is 12.8. The normalized spacial score (nSPS) is 28.7. The molecule has 2 aromatic rings. The monoisotopic (exact) mass is 415 g/mol. The summed E-state index contributed by atoms with van der Waals surface area (Å²) >= 11 is 0. The van der Waals surface area contributed by atoms with Crippen molar-refractivity contribution in [2.24, 2.45) is 5.73 Å². The molecule has 0 aliphatic carbocycles. The van der Waals surface area contributed by atoms with E-state index in [0.29, 0.717) is 0 Å². The Labute approximate surface area is 181 Å². The Hall–Kier alpha value is -1.76. The molecule has 2 fully saturated rings. The fourth-order valence-electron chi connectivity index (χ4n) is 3.80. The Morgan fingerprint density at radius 1 is 0.833 bits per heavy atom. The molecule has 0 radical (unpaired) electrons. The van der Waals surface area contributed by atoms with Crippen LogP contribution in [0.25, 0.3) is 0 Å². The Bertz CT molecular complexity index is 695. The number of aliphatic hydroxyl groups excluding tert-OH is 1. The Kier molecular flexibility index (Phi) is 10.5. The smallest absolute Gasteiger partial charge is 0.184 e. The van der Waals surface area contributed by atoms with Crippen molar-refractivity contribution >= 4 is 0 Å². The molecule has 0 amide bonds. The van der Waals surface area contributed by atoms with E-state index in [-0.39, 0.29) is 24.9 Å². The zero-order valence-corrected chi connectivity index (χ0v) is 18.6.